The Hall–Kier alpha value is -2.47. The van der Waals surface area contributed by atoms with Crippen molar-refractivity contribution in [2.75, 3.05) is 31.5 Å². The van der Waals surface area contributed by atoms with Crippen LogP contribution < -0.4 is 5.32 Å². The largest absolute Gasteiger partial charge is 0.369 e. The van der Waals surface area contributed by atoms with E-state index in [4.69, 9.17) is 4.98 Å². The average Bonchev–Trinajstić information content (AvgIpc) is 2.95. The Morgan fingerprint density at radius 3 is 3.04 bits per heavy atom. The van der Waals surface area contributed by atoms with Gasteiger partial charge in [-0.15, -0.1) is 0 Å². The fourth-order valence-corrected chi connectivity index (χ4v) is 4.42. The minimum Gasteiger partial charge on any atom is -0.369 e. The predicted molar refractivity (Wildman–Crippen MR) is 104 cm³/mol. The summed E-state index contributed by atoms with van der Waals surface area (Å²) in [5, 5.41) is 7.79. The Morgan fingerprint density at radius 2 is 2.07 bits per heavy atom. The van der Waals surface area contributed by atoms with E-state index in [-0.39, 0.29) is 5.82 Å². The predicted octanol–water partition coefficient (Wildman–Crippen LogP) is 3.61. The molecule has 0 aliphatic carbocycles. The summed E-state index contributed by atoms with van der Waals surface area (Å²) in [4.78, 5) is 7.26. The molecule has 2 aromatic heterocycles. The lowest BCUT2D eigenvalue weighted by molar-refractivity contribution is 0.256. The molecule has 3 aromatic rings. The number of rotatable bonds is 0. The summed E-state index contributed by atoms with van der Waals surface area (Å²) in [6, 6.07) is 7.45. The molecule has 2 aliphatic heterocycles. The number of anilines is 1. The first-order valence-corrected chi connectivity index (χ1v) is 9.86. The molecule has 0 spiro atoms. The van der Waals surface area contributed by atoms with Gasteiger partial charge in [-0.05, 0) is 55.5 Å². The SMILES string of the molecule is Fc1ccc2cc1-c1cnn3ccc(nc13)NCCN1CCCC[C@@H](C2)C1. The molecule has 27 heavy (non-hydrogen) atoms. The smallest absolute Gasteiger partial charge is 0.165 e. The fourth-order valence-electron chi connectivity index (χ4n) is 4.42. The van der Waals surface area contributed by atoms with Gasteiger partial charge < -0.3 is 10.2 Å². The van der Waals surface area contributed by atoms with Crippen LogP contribution in [0.3, 0.4) is 0 Å². The van der Waals surface area contributed by atoms with E-state index in [9.17, 15) is 4.39 Å². The first-order chi connectivity index (χ1) is 13.3. The molecule has 1 fully saturated rings. The van der Waals surface area contributed by atoms with Crippen LogP contribution >= 0.6 is 0 Å². The zero-order valence-electron chi connectivity index (χ0n) is 15.4. The molecule has 4 heterocycles. The molecular weight excluding hydrogens is 341 g/mol. The maximum atomic E-state index is 14.7. The van der Waals surface area contributed by atoms with E-state index in [2.05, 4.69) is 15.3 Å². The van der Waals surface area contributed by atoms with Crippen LogP contribution in [0, 0.1) is 11.7 Å². The highest BCUT2D eigenvalue weighted by atomic mass is 19.1. The summed E-state index contributed by atoms with van der Waals surface area (Å²) < 4.78 is 16.4. The van der Waals surface area contributed by atoms with Gasteiger partial charge in [0.2, 0.25) is 0 Å². The Morgan fingerprint density at radius 1 is 1.11 bits per heavy atom. The van der Waals surface area contributed by atoms with Crippen LogP contribution in [0.4, 0.5) is 10.2 Å². The van der Waals surface area contributed by atoms with Gasteiger partial charge in [-0.3, -0.25) is 0 Å². The third-order valence-electron chi connectivity index (χ3n) is 5.80. The van der Waals surface area contributed by atoms with Gasteiger partial charge in [0.25, 0.3) is 0 Å². The normalized spacial score (nSPS) is 22.9. The highest BCUT2D eigenvalue weighted by molar-refractivity contribution is 5.78. The second kappa shape index (κ2) is 6.93. The minimum atomic E-state index is -0.219. The molecule has 2 atom stereocenters. The van der Waals surface area contributed by atoms with Crippen LogP contribution in [0.5, 0.6) is 0 Å². The van der Waals surface area contributed by atoms with Gasteiger partial charge in [0, 0.05) is 37.0 Å². The summed E-state index contributed by atoms with van der Waals surface area (Å²) in [5.41, 5.74) is 3.22. The van der Waals surface area contributed by atoms with Gasteiger partial charge in [-0.2, -0.15) is 5.10 Å². The van der Waals surface area contributed by atoms with Crippen LogP contribution in [0.2, 0.25) is 0 Å². The zero-order valence-corrected chi connectivity index (χ0v) is 15.4. The summed E-state index contributed by atoms with van der Waals surface area (Å²) in [5.74, 6) is 1.21. The van der Waals surface area contributed by atoms with Crippen molar-refractivity contribution in [3.05, 3.63) is 48.0 Å². The number of nitrogens with one attached hydrogen (secondary N) is 1. The second-order valence-corrected chi connectivity index (χ2v) is 7.75. The second-order valence-electron chi connectivity index (χ2n) is 7.75. The number of hydrogen-bond donors (Lipinski definition) is 1. The number of halogens is 1. The third kappa shape index (κ3) is 3.30. The van der Waals surface area contributed by atoms with E-state index in [1.807, 2.05) is 24.4 Å². The lowest BCUT2D eigenvalue weighted by Crippen LogP contribution is -2.33. The van der Waals surface area contributed by atoms with Crippen molar-refractivity contribution < 1.29 is 4.39 Å². The Bertz CT molecular complexity index is 966. The molecular formula is C21H24FN5. The Kier molecular flexibility index (Phi) is 4.28. The molecule has 0 amide bonds. The van der Waals surface area contributed by atoms with Crippen LogP contribution in [0.15, 0.2) is 36.7 Å². The molecule has 5 rings (SSSR count). The Labute approximate surface area is 158 Å². The van der Waals surface area contributed by atoms with Crippen molar-refractivity contribution in [1.29, 1.82) is 0 Å². The maximum absolute atomic E-state index is 14.7. The van der Waals surface area contributed by atoms with Crippen LogP contribution in [-0.4, -0.2) is 45.7 Å². The number of fused-ring (bicyclic) bond motifs is 6. The van der Waals surface area contributed by atoms with Crippen molar-refractivity contribution in [2.24, 2.45) is 5.92 Å². The molecule has 1 N–H and O–H groups in total. The maximum Gasteiger partial charge on any atom is 0.165 e. The summed E-state index contributed by atoms with van der Waals surface area (Å²) in [7, 11) is 0. The first kappa shape index (κ1) is 16.7. The van der Waals surface area contributed by atoms with E-state index < -0.39 is 0 Å². The number of aromatic nitrogens is 3. The Balaban J connectivity index is 1.62. The molecule has 6 bridgehead atoms. The molecule has 0 radical (unpaired) electrons. The first-order valence-electron chi connectivity index (χ1n) is 9.86. The molecule has 6 heteroatoms. The lowest BCUT2D eigenvalue weighted by atomic mass is 9.93. The average molecular weight is 365 g/mol. The van der Waals surface area contributed by atoms with Crippen molar-refractivity contribution in [3.8, 4) is 11.1 Å². The van der Waals surface area contributed by atoms with E-state index in [0.717, 1.165) is 44.0 Å². The van der Waals surface area contributed by atoms with Gasteiger partial charge in [0.05, 0.1) is 6.20 Å². The van der Waals surface area contributed by atoms with Crippen molar-refractivity contribution in [2.45, 2.75) is 25.7 Å². The lowest BCUT2D eigenvalue weighted by Gasteiger charge is -2.25. The minimum absolute atomic E-state index is 0.219. The standard InChI is InChI=1S/C21H24FN5/c22-19-5-4-15-11-16-3-1-2-8-26(14-16)10-7-23-20-6-9-27-21(25-20)18(13-24-27)17(19)12-15/h4-6,9,12-13,16H,1-3,7-8,10-11,14H2,(H,23,25)/t16-/m0/s1. The monoisotopic (exact) mass is 365 g/mol. The van der Waals surface area contributed by atoms with Crippen LogP contribution in [0.1, 0.15) is 24.8 Å². The molecule has 140 valence electrons. The summed E-state index contributed by atoms with van der Waals surface area (Å²) >= 11 is 0. The number of nitrogens with zero attached hydrogens (tertiary/aromatic N) is 4. The quantitative estimate of drug-likeness (QED) is 0.661. The molecule has 0 saturated carbocycles. The highest BCUT2D eigenvalue weighted by Gasteiger charge is 2.20. The van der Waals surface area contributed by atoms with E-state index in [1.165, 1.54) is 24.8 Å². The highest BCUT2D eigenvalue weighted by Crippen LogP contribution is 2.30. The van der Waals surface area contributed by atoms with E-state index >= 15 is 0 Å². The molecule has 5 nitrogen and oxygen atoms in total. The zero-order chi connectivity index (χ0) is 18.2. The van der Waals surface area contributed by atoms with Crippen LogP contribution in [-0.2, 0) is 6.42 Å². The van der Waals surface area contributed by atoms with E-state index in [1.54, 1.807) is 16.8 Å². The van der Waals surface area contributed by atoms with Crippen LogP contribution in [0.25, 0.3) is 16.8 Å². The van der Waals surface area contributed by atoms with Crippen molar-refractivity contribution in [1.82, 2.24) is 19.5 Å². The number of hydrogen-bond acceptors (Lipinski definition) is 4. The molecule has 1 aromatic carbocycles. The molecule has 1 unspecified atom stereocenters. The van der Waals surface area contributed by atoms with Crippen molar-refractivity contribution in [3.63, 3.8) is 0 Å². The molecule has 2 aliphatic rings. The van der Waals surface area contributed by atoms with Gasteiger partial charge in [0.1, 0.15) is 11.6 Å². The summed E-state index contributed by atoms with van der Waals surface area (Å²) in [6.45, 7) is 4.15. The number of benzene rings is 1. The van der Waals surface area contributed by atoms with Gasteiger partial charge >= 0.3 is 0 Å². The third-order valence-corrected chi connectivity index (χ3v) is 5.80. The van der Waals surface area contributed by atoms with Crippen molar-refractivity contribution >= 4 is 11.5 Å². The topological polar surface area (TPSA) is 45.5 Å². The molecule has 1 saturated heterocycles. The van der Waals surface area contributed by atoms with Gasteiger partial charge in [-0.1, -0.05) is 12.5 Å². The van der Waals surface area contributed by atoms with E-state index in [0.29, 0.717) is 17.1 Å². The fraction of sp³-hybridized carbons (Fsp3) is 0.429. The van der Waals surface area contributed by atoms with Gasteiger partial charge in [0.15, 0.2) is 5.65 Å². The van der Waals surface area contributed by atoms with Gasteiger partial charge in [-0.25, -0.2) is 13.9 Å². The summed E-state index contributed by atoms with van der Waals surface area (Å²) in [6.07, 6.45) is 8.37.